The van der Waals surface area contributed by atoms with Gasteiger partial charge >= 0.3 is 0 Å². The van der Waals surface area contributed by atoms with Crippen molar-refractivity contribution in [2.75, 3.05) is 16.5 Å². The van der Waals surface area contributed by atoms with E-state index < -0.39 is 0 Å². The second-order valence-electron chi connectivity index (χ2n) is 8.74. The third kappa shape index (κ3) is 3.81. The molecule has 0 saturated carbocycles. The molecule has 1 aliphatic heterocycles. The summed E-state index contributed by atoms with van der Waals surface area (Å²) in [6.07, 6.45) is 0.883. The lowest BCUT2D eigenvalue weighted by Gasteiger charge is -2.22. The van der Waals surface area contributed by atoms with Crippen molar-refractivity contribution < 1.29 is 4.79 Å². The molecule has 30 heavy (non-hydrogen) atoms. The van der Waals surface area contributed by atoms with Gasteiger partial charge in [0.05, 0.1) is 5.75 Å². The molecule has 156 valence electrons. The Balaban J connectivity index is 1.47. The van der Waals surface area contributed by atoms with Gasteiger partial charge < -0.3 is 10.7 Å². The van der Waals surface area contributed by atoms with Crippen LogP contribution in [0.2, 0.25) is 0 Å². The van der Waals surface area contributed by atoms with Crippen molar-refractivity contribution in [3.63, 3.8) is 0 Å². The molecule has 1 aliphatic rings. The smallest absolute Gasteiger partial charge is 0.237 e. The van der Waals surface area contributed by atoms with E-state index in [9.17, 15) is 4.79 Å². The van der Waals surface area contributed by atoms with Crippen LogP contribution in [0.1, 0.15) is 38.8 Å². The van der Waals surface area contributed by atoms with Gasteiger partial charge in [0, 0.05) is 17.3 Å². The number of carbonyl (C=O) groups excluding carboxylic acids is 1. The van der Waals surface area contributed by atoms with Crippen molar-refractivity contribution >= 4 is 23.4 Å². The molecule has 0 aliphatic carbocycles. The minimum Gasteiger partial charge on any atom is -0.335 e. The Bertz CT molecular complexity index is 1070. The number of rotatable bonds is 4. The van der Waals surface area contributed by atoms with Gasteiger partial charge in [-0.15, -0.1) is 10.2 Å². The van der Waals surface area contributed by atoms with E-state index in [1.165, 1.54) is 27.6 Å². The van der Waals surface area contributed by atoms with Crippen LogP contribution in [0.25, 0.3) is 11.4 Å². The SMILES string of the molecule is C[C@@H]1Cc2ccccc2N1C(=O)CSc1nnc(-c2ccc(C(C)(C)C)cc2)n1N. The molecule has 2 heterocycles. The Hall–Kier alpha value is -2.80. The van der Waals surface area contributed by atoms with Crippen LogP contribution in [-0.2, 0) is 16.6 Å². The van der Waals surface area contributed by atoms with E-state index >= 15 is 0 Å². The zero-order valence-corrected chi connectivity index (χ0v) is 18.6. The maximum atomic E-state index is 12.9. The minimum atomic E-state index is 0.0523. The Morgan fingerprint density at radius 2 is 1.83 bits per heavy atom. The third-order valence-corrected chi connectivity index (χ3v) is 6.40. The first kappa shape index (κ1) is 20.5. The van der Waals surface area contributed by atoms with E-state index in [0.717, 1.165) is 17.7 Å². The van der Waals surface area contributed by atoms with E-state index in [-0.39, 0.29) is 23.1 Å². The fourth-order valence-corrected chi connectivity index (χ4v) is 4.55. The summed E-state index contributed by atoms with van der Waals surface area (Å²) < 4.78 is 1.46. The Labute approximate surface area is 181 Å². The van der Waals surface area contributed by atoms with Crippen LogP contribution in [0.3, 0.4) is 0 Å². The number of nitrogen functional groups attached to an aromatic ring is 1. The van der Waals surface area contributed by atoms with Crippen LogP contribution in [0, 0.1) is 0 Å². The van der Waals surface area contributed by atoms with Gasteiger partial charge in [-0.25, -0.2) is 4.68 Å². The molecule has 0 unspecified atom stereocenters. The molecule has 1 aromatic heterocycles. The van der Waals surface area contributed by atoms with Gasteiger partial charge in [0.1, 0.15) is 0 Å². The zero-order valence-electron chi connectivity index (χ0n) is 17.8. The summed E-state index contributed by atoms with van der Waals surface area (Å²) in [6, 6.07) is 16.4. The van der Waals surface area contributed by atoms with E-state index in [4.69, 9.17) is 5.84 Å². The van der Waals surface area contributed by atoms with Crippen LogP contribution >= 0.6 is 11.8 Å². The summed E-state index contributed by atoms with van der Waals surface area (Å²) >= 11 is 1.31. The molecular formula is C23H27N5OS. The summed E-state index contributed by atoms with van der Waals surface area (Å²) in [6.45, 7) is 8.61. The lowest BCUT2D eigenvalue weighted by molar-refractivity contribution is -0.116. The average molecular weight is 422 g/mol. The van der Waals surface area contributed by atoms with Crippen molar-refractivity contribution in [3.8, 4) is 11.4 Å². The molecule has 2 aromatic carbocycles. The van der Waals surface area contributed by atoms with Crippen molar-refractivity contribution in [1.29, 1.82) is 0 Å². The van der Waals surface area contributed by atoms with Gasteiger partial charge in [0.15, 0.2) is 5.82 Å². The van der Waals surface area contributed by atoms with Crippen molar-refractivity contribution in [2.45, 2.75) is 50.7 Å². The predicted octanol–water partition coefficient (Wildman–Crippen LogP) is 4.03. The molecule has 3 aromatic rings. The first-order valence-corrected chi connectivity index (χ1v) is 11.1. The Kier molecular flexibility index (Phi) is 5.32. The molecule has 0 bridgehead atoms. The van der Waals surface area contributed by atoms with Gasteiger partial charge in [-0.1, -0.05) is 75.0 Å². The predicted molar refractivity (Wildman–Crippen MR) is 122 cm³/mol. The van der Waals surface area contributed by atoms with Crippen LogP contribution in [0.4, 0.5) is 5.69 Å². The normalized spacial score (nSPS) is 16.0. The Morgan fingerprint density at radius 1 is 1.13 bits per heavy atom. The highest BCUT2D eigenvalue weighted by Gasteiger charge is 2.30. The van der Waals surface area contributed by atoms with Crippen molar-refractivity contribution in [2.24, 2.45) is 0 Å². The lowest BCUT2D eigenvalue weighted by Crippen LogP contribution is -2.37. The number of thioether (sulfide) groups is 1. The van der Waals surface area contributed by atoms with E-state index in [0.29, 0.717) is 11.0 Å². The molecule has 1 amide bonds. The number of hydrogen-bond acceptors (Lipinski definition) is 5. The molecule has 4 rings (SSSR count). The maximum absolute atomic E-state index is 12.9. The van der Waals surface area contributed by atoms with Gasteiger partial charge in [0.25, 0.3) is 0 Å². The van der Waals surface area contributed by atoms with Crippen LogP contribution in [0.5, 0.6) is 0 Å². The summed E-state index contributed by atoms with van der Waals surface area (Å²) in [7, 11) is 0. The lowest BCUT2D eigenvalue weighted by atomic mass is 9.87. The third-order valence-electron chi connectivity index (χ3n) is 5.47. The largest absolute Gasteiger partial charge is 0.335 e. The number of carbonyl (C=O) groups is 1. The molecule has 1 atom stereocenters. The van der Waals surface area contributed by atoms with Crippen LogP contribution in [-0.4, -0.2) is 32.6 Å². The number of para-hydroxylation sites is 1. The van der Waals surface area contributed by atoms with E-state index in [1.54, 1.807) is 0 Å². The average Bonchev–Trinajstić information content (AvgIpc) is 3.24. The number of aromatic nitrogens is 3. The van der Waals surface area contributed by atoms with Crippen LogP contribution in [0.15, 0.2) is 53.7 Å². The summed E-state index contributed by atoms with van der Waals surface area (Å²) in [4.78, 5) is 14.8. The van der Waals surface area contributed by atoms with Crippen LogP contribution < -0.4 is 10.7 Å². The number of amides is 1. The number of benzene rings is 2. The van der Waals surface area contributed by atoms with Crippen molar-refractivity contribution in [1.82, 2.24) is 14.9 Å². The molecule has 6 nitrogen and oxygen atoms in total. The summed E-state index contributed by atoms with van der Waals surface area (Å²) in [5.41, 5.74) is 4.45. The second-order valence-corrected chi connectivity index (χ2v) is 9.68. The van der Waals surface area contributed by atoms with Crippen molar-refractivity contribution in [3.05, 3.63) is 59.7 Å². The number of nitrogens with zero attached hydrogens (tertiary/aromatic N) is 4. The molecule has 0 radical (unpaired) electrons. The Morgan fingerprint density at radius 3 is 2.53 bits per heavy atom. The fourth-order valence-electron chi connectivity index (χ4n) is 3.83. The highest BCUT2D eigenvalue weighted by molar-refractivity contribution is 7.99. The highest BCUT2D eigenvalue weighted by atomic mass is 32.2. The minimum absolute atomic E-state index is 0.0523. The molecule has 0 saturated heterocycles. The van der Waals surface area contributed by atoms with Gasteiger partial charge in [-0.05, 0) is 36.0 Å². The maximum Gasteiger partial charge on any atom is 0.237 e. The number of hydrogen-bond donors (Lipinski definition) is 1. The number of fused-ring (bicyclic) bond motifs is 1. The number of nitrogens with two attached hydrogens (primary N) is 1. The summed E-state index contributed by atoms with van der Waals surface area (Å²) in [5.74, 6) is 7.15. The second kappa shape index (κ2) is 7.80. The first-order chi connectivity index (χ1) is 14.3. The number of anilines is 1. The van der Waals surface area contributed by atoms with Gasteiger partial charge in [0.2, 0.25) is 11.1 Å². The standard InChI is InChI=1S/C23H27N5OS/c1-15-13-17-7-5-6-8-19(17)27(15)20(29)14-30-22-26-25-21(28(22)24)16-9-11-18(12-10-16)23(2,3)4/h5-12,15H,13-14,24H2,1-4H3/t15-/m1/s1. The van der Waals surface area contributed by atoms with Gasteiger partial charge in [-0.3, -0.25) is 4.79 Å². The monoisotopic (exact) mass is 421 g/mol. The fraction of sp³-hybridized carbons (Fsp3) is 0.348. The summed E-state index contributed by atoms with van der Waals surface area (Å²) in [5, 5.41) is 8.98. The topological polar surface area (TPSA) is 77.0 Å². The van der Waals surface area contributed by atoms with Gasteiger partial charge in [-0.2, -0.15) is 0 Å². The van der Waals surface area contributed by atoms with E-state index in [1.807, 2.05) is 35.2 Å². The quantitative estimate of drug-likeness (QED) is 0.508. The molecule has 0 spiro atoms. The first-order valence-electron chi connectivity index (χ1n) is 10.1. The molecule has 0 fully saturated rings. The molecule has 2 N–H and O–H groups in total. The zero-order chi connectivity index (χ0) is 21.5. The van der Waals surface area contributed by atoms with E-state index in [2.05, 4.69) is 56.1 Å². The molecular weight excluding hydrogens is 394 g/mol. The molecule has 7 heteroatoms. The highest BCUT2D eigenvalue weighted by Crippen LogP contribution is 2.33.